The highest BCUT2D eigenvalue weighted by Gasteiger charge is 2.43. The van der Waals surface area contributed by atoms with Gasteiger partial charge in [-0.05, 0) is 45.2 Å². The predicted molar refractivity (Wildman–Crippen MR) is 74.7 cm³/mol. The fourth-order valence-electron chi connectivity index (χ4n) is 2.91. The van der Waals surface area contributed by atoms with E-state index in [0.717, 1.165) is 45.3 Å². The molecule has 0 radical (unpaired) electrons. The number of carbonyl (C=O) groups is 1. The van der Waals surface area contributed by atoms with Crippen molar-refractivity contribution in [3.63, 3.8) is 0 Å². The highest BCUT2D eigenvalue weighted by molar-refractivity contribution is 5.75. The van der Waals surface area contributed by atoms with Crippen LogP contribution in [0.3, 0.4) is 0 Å². The van der Waals surface area contributed by atoms with Gasteiger partial charge in [0.25, 0.3) is 0 Å². The van der Waals surface area contributed by atoms with Gasteiger partial charge >= 0.3 is 5.97 Å². The first-order valence-electron chi connectivity index (χ1n) is 7.21. The minimum Gasteiger partial charge on any atom is -0.481 e. The van der Waals surface area contributed by atoms with Crippen molar-refractivity contribution in [2.45, 2.75) is 51.9 Å². The molecule has 1 heterocycles. The minimum absolute atomic E-state index is 0.462. The molecular formula is C15H27NO2. The molecule has 3 heteroatoms. The Labute approximate surface area is 111 Å². The molecule has 1 aliphatic heterocycles. The standard InChI is InChI=1S/C15H27NO2/c1-3-5-6-7-8-11-16-12-10-15(13-16,9-4-2)14(17)18/h3H,1,4-13H2,2H3,(H,17,18). The summed E-state index contributed by atoms with van der Waals surface area (Å²) >= 11 is 0. The summed E-state index contributed by atoms with van der Waals surface area (Å²) in [6, 6.07) is 0. The zero-order valence-corrected chi connectivity index (χ0v) is 11.7. The molecule has 0 aliphatic carbocycles. The lowest BCUT2D eigenvalue weighted by Crippen LogP contribution is -2.34. The first-order chi connectivity index (χ1) is 8.64. The van der Waals surface area contributed by atoms with Gasteiger partial charge in [-0.25, -0.2) is 0 Å². The summed E-state index contributed by atoms with van der Waals surface area (Å²) in [5.41, 5.74) is -0.462. The zero-order valence-electron chi connectivity index (χ0n) is 11.7. The Balaban J connectivity index is 2.30. The van der Waals surface area contributed by atoms with Gasteiger partial charge in [-0.15, -0.1) is 6.58 Å². The van der Waals surface area contributed by atoms with Crippen LogP contribution >= 0.6 is 0 Å². The summed E-state index contributed by atoms with van der Waals surface area (Å²) in [4.78, 5) is 13.8. The van der Waals surface area contributed by atoms with Gasteiger partial charge in [-0.3, -0.25) is 4.79 Å². The third kappa shape index (κ3) is 4.13. The Hall–Kier alpha value is -0.830. The van der Waals surface area contributed by atoms with E-state index in [4.69, 9.17) is 0 Å². The minimum atomic E-state index is -0.599. The van der Waals surface area contributed by atoms with Crippen molar-refractivity contribution in [3.8, 4) is 0 Å². The molecule has 0 spiro atoms. The molecule has 0 bridgehead atoms. The summed E-state index contributed by atoms with van der Waals surface area (Å²) in [6.45, 7) is 8.54. The topological polar surface area (TPSA) is 40.5 Å². The molecular weight excluding hydrogens is 226 g/mol. The molecule has 0 aromatic carbocycles. The number of likely N-dealkylation sites (tertiary alicyclic amines) is 1. The molecule has 1 N–H and O–H groups in total. The van der Waals surface area contributed by atoms with Crippen molar-refractivity contribution in [2.24, 2.45) is 5.41 Å². The second kappa shape index (κ2) is 7.57. The SMILES string of the molecule is C=CCCCCCN1CCC(CCC)(C(=O)O)C1. The first kappa shape index (κ1) is 15.2. The maximum atomic E-state index is 11.4. The van der Waals surface area contributed by atoms with Gasteiger partial charge in [0.15, 0.2) is 0 Å². The average Bonchev–Trinajstić information content (AvgIpc) is 2.74. The summed E-state index contributed by atoms with van der Waals surface area (Å²) in [6.07, 6.45) is 9.25. The van der Waals surface area contributed by atoms with E-state index in [9.17, 15) is 9.90 Å². The summed E-state index contributed by atoms with van der Waals surface area (Å²) in [7, 11) is 0. The molecule has 1 atom stereocenters. The number of carboxylic acid groups (broad SMARTS) is 1. The highest BCUT2D eigenvalue weighted by Crippen LogP contribution is 2.35. The summed E-state index contributed by atoms with van der Waals surface area (Å²) in [5.74, 6) is -0.599. The lowest BCUT2D eigenvalue weighted by molar-refractivity contribution is -0.148. The van der Waals surface area contributed by atoms with Crippen molar-refractivity contribution in [1.29, 1.82) is 0 Å². The van der Waals surface area contributed by atoms with Crippen LogP contribution in [0.2, 0.25) is 0 Å². The number of aliphatic carboxylic acids is 1. The van der Waals surface area contributed by atoms with Crippen molar-refractivity contribution in [2.75, 3.05) is 19.6 Å². The molecule has 0 aromatic heterocycles. The molecule has 1 fully saturated rings. The van der Waals surface area contributed by atoms with E-state index >= 15 is 0 Å². The number of carboxylic acids is 1. The van der Waals surface area contributed by atoms with E-state index in [2.05, 4.69) is 18.4 Å². The number of hydrogen-bond donors (Lipinski definition) is 1. The monoisotopic (exact) mass is 253 g/mol. The lowest BCUT2D eigenvalue weighted by atomic mass is 9.83. The second-order valence-corrected chi connectivity index (χ2v) is 5.50. The Morgan fingerprint density at radius 2 is 2.22 bits per heavy atom. The second-order valence-electron chi connectivity index (χ2n) is 5.50. The Morgan fingerprint density at radius 1 is 1.44 bits per heavy atom. The number of allylic oxidation sites excluding steroid dienone is 1. The first-order valence-corrected chi connectivity index (χ1v) is 7.21. The molecule has 1 rings (SSSR count). The molecule has 0 aromatic rings. The lowest BCUT2D eigenvalue weighted by Gasteiger charge is -2.24. The quantitative estimate of drug-likeness (QED) is 0.506. The average molecular weight is 253 g/mol. The van der Waals surface area contributed by atoms with Gasteiger partial charge in [0, 0.05) is 6.54 Å². The van der Waals surface area contributed by atoms with Crippen molar-refractivity contribution in [3.05, 3.63) is 12.7 Å². The fourth-order valence-corrected chi connectivity index (χ4v) is 2.91. The van der Waals surface area contributed by atoms with Crippen LogP contribution in [0, 0.1) is 5.41 Å². The normalized spacial score (nSPS) is 24.3. The molecule has 104 valence electrons. The van der Waals surface area contributed by atoms with Gasteiger partial charge in [-0.1, -0.05) is 25.8 Å². The third-order valence-electron chi connectivity index (χ3n) is 4.00. The third-order valence-corrected chi connectivity index (χ3v) is 4.00. The van der Waals surface area contributed by atoms with Crippen molar-refractivity contribution >= 4 is 5.97 Å². The van der Waals surface area contributed by atoms with Gasteiger partial charge < -0.3 is 10.0 Å². The maximum absolute atomic E-state index is 11.4. The fraction of sp³-hybridized carbons (Fsp3) is 0.800. The molecule has 1 aliphatic rings. The maximum Gasteiger partial charge on any atom is 0.310 e. The van der Waals surface area contributed by atoms with Crippen LogP contribution in [-0.4, -0.2) is 35.6 Å². The Morgan fingerprint density at radius 3 is 2.83 bits per heavy atom. The molecule has 0 amide bonds. The van der Waals surface area contributed by atoms with Crippen molar-refractivity contribution in [1.82, 2.24) is 4.90 Å². The number of hydrogen-bond acceptors (Lipinski definition) is 2. The van der Waals surface area contributed by atoms with Gasteiger partial charge in [0.2, 0.25) is 0 Å². The molecule has 1 unspecified atom stereocenters. The van der Waals surface area contributed by atoms with Crippen LogP contribution in [0.15, 0.2) is 12.7 Å². The molecule has 0 saturated carbocycles. The Kier molecular flexibility index (Phi) is 6.41. The smallest absolute Gasteiger partial charge is 0.310 e. The van der Waals surface area contributed by atoms with E-state index in [1.165, 1.54) is 19.3 Å². The van der Waals surface area contributed by atoms with Crippen molar-refractivity contribution < 1.29 is 9.90 Å². The van der Waals surface area contributed by atoms with Gasteiger partial charge in [0.1, 0.15) is 0 Å². The van der Waals surface area contributed by atoms with Crippen LogP contribution in [-0.2, 0) is 4.79 Å². The van der Waals surface area contributed by atoms with E-state index in [1.54, 1.807) is 0 Å². The van der Waals surface area contributed by atoms with Crippen LogP contribution in [0.25, 0.3) is 0 Å². The number of rotatable bonds is 9. The van der Waals surface area contributed by atoms with Gasteiger partial charge in [0.05, 0.1) is 5.41 Å². The van der Waals surface area contributed by atoms with E-state index < -0.39 is 11.4 Å². The molecule has 18 heavy (non-hydrogen) atoms. The van der Waals surface area contributed by atoms with Crippen LogP contribution in [0.1, 0.15) is 51.9 Å². The van der Waals surface area contributed by atoms with Crippen LogP contribution < -0.4 is 0 Å². The molecule has 1 saturated heterocycles. The van der Waals surface area contributed by atoms with Crippen LogP contribution in [0.5, 0.6) is 0 Å². The van der Waals surface area contributed by atoms with E-state index in [1.807, 2.05) is 6.08 Å². The Bertz CT molecular complexity index is 278. The summed E-state index contributed by atoms with van der Waals surface area (Å²) in [5, 5.41) is 9.42. The zero-order chi connectivity index (χ0) is 13.4. The molecule has 3 nitrogen and oxygen atoms in total. The largest absolute Gasteiger partial charge is 0.481 e. The highest BCUT2D eigenvalue weighted by atomic mass is 16.4. The predicted octanol–water partition coefficient (Wildman–Crippen LogP) is 3.31. The van der Waals surface area contributed by atoms with E-state index in [0.29, 0.717) is 0 Å². The van der Waals surface area contributed by atoms with Gasteiger partial charge in [-0.2, -0.15) is 0 Å². The van der Waals surface area contributed by atoms with E-state index in [-0.39, 0.29) is 0 Å². The number of unbranched alkanes of at least 4 members (excludes halogenated alkanes) is 3. The van der Waals surface area contributed by atoms with Crippen LogP contribution in [0.4, 0.5) is 0 Å². The summed E-state index contributed by atoms with van der Waals surface area (Å²) < 4.78 is 0. The number of nitrogens with zero attached hydrogens (tertiary/aromatic N) is 1.